The Bertz CT molecular complexity index is 156. The first-order valence-corrected chi connectivity index (χ1v) is 4.29. The lowest BCUT2D eigenvalue weighted by molar-refractivity contribution is -0.145. The van der Waals surface area contributed by atoms with E-state index in [1.165, 1.54) is 0 Å². The van der Waals surface area contributed by atoms with Gasteiger partial charge in [-0.15, -0.1) is 0 Å². The molecule has 0 fully saturated rings. The third-order valence-electron chi connectivity index (χ3n) is 1.59. The highest BCUT2D eigenvalue weighted by Gasteiger charge is 2.10. The highest BCUT2D eigenvalue weighted by molar-refractivity contribution is 5.81. The minimum absolute atomic E-state index is 0.119. The summed E-state index contributed by atoms with van der Waals surface area (Å²) in [7, 11) is 0. The van der Waals surface area contributed by atoms with E-state index in [2.05, 4.69) is 6.58 Å². The number of esters is 1. The zero-order valence-corrected chi connectivity index (χ0v) is 7.61. The number of unbranched alkanes of at least 4 members (excludes halogenated alkanes) is 1. The summed E-state index contributed by atoms with van der Waals surface area (Å²) >= 11 is 0. The van der Waals surface area contributed by atoms with Gasteiger partial charge in [0.25, 0.3) is 0 Å². The summed E-state index contributed by atoms with van der Waals surface area (Å²) in [6.45, 7) is 3.18. The van der Waals surface area contributed by atoms with Gasteiger partial charge in [0.2, 0.25) is 0 Å². The zero-order chi connectivity index (χ0) is 10.1. The van der Waals surface area contributed by atoms with Crippen molar-refractivity contribution < 1.29 is 19.7 Å². The summed E-state index contributed by atoms with van der Waals surface area (Å²) < 4.78 is 4.81. The van der Waals surface area contributed by atoms with Crippen LogP contribution in [0.1, 0.15) is 19.3 Å². The quantitative estimate of drug-likeness (QED) is 0.341. The average Bonchev–Trinajstić information content (AvgIpc) is 2.16. The Morgan fingerprint density at radius 2 is 2.15 bits per heavy atom. The van der Waals surface area contributed by atoms with Crippen LogP contribution in [0.15, 0.2) is 12.7 Å². The molecule has 0 aliphatic carbocycles. The van der Waals surface area contributed by atoms with Gasteiger partial charge in [-0.05, 0) is 19.3 Å². The second-order valence-electron chi connectivity index (χ2n) is 2.66. The van der Waals surface area contributed by atoms with Crippen molar-refractivity contribution in [2.24, 2.45) is 0 Å². The number of hydrogen-bond donors (Lipinski definition) is 2. The zero-order valence-electron chi connectivity index (χ0n) is 7.61. The fourth-order valence-corrected chi connectivity index (χ4v) is 0.884. The lowest BCUT2D eigenvalue weighted by atomic mass is 10.1. The Kier molecular flexibility index (Phi) is 7.24. The number of aliphatic hydroxyl groups excluding tert-OH is 2. The van der Waals surface area contributed by atoms with Crippen LogP contribution in [0.25, 0.3) is 0 Å². The fraction of sp³-hybridized carbons (Fsp3) is 0.667. The number of carbonyl (C=O) groups is 1. The molecule has 4 nitrogen and oxygen atoms in total. The predicted molar refractivity (Wildman–Crippen MR) is 48.1 cm³/mol. The topological polar surface area (TPSA) is 66.8 Å². The molecule has 0 radical (unpaired) electrons. The second kappa shape index (κ2) is 7.76. The van der Waals surface area contributed by atoms with Crippen LogP contribution in [0.2, 0.25) is 0 Å². The Morgan fingerprint density at radius 3 is 2.62 bits per heavy atom. The van der Waals surface area contributed by atoms with Crippen molar-refractivity contribution in [3.05, 3.63) is 12.7 Å². The lowest BCUT2D eigenvalue weighted by Crippen LogP contribution is -2.20. The van der Waals surface area contributed by atoms with E-state index in [9.17, 15) is 4.79 Å². The van der Waals surface area contributed by atoms with Crippen molar-refractivity contribution in [2.75, 3.05) is 13.2 Å². The van der Waals surface area contributed by atoms with E-state index < -0.39 is 12.1 Å². The Labute approximate surface area is 77.8 Å². The van der Waals surface area contributed by atoms with E-state index in [0.717, 1.165) is 12.5 Å². The van der Waals surface area contributed by atoms with E-state index in [4.69, 9.17) is 14.9 Å². The second-order valence-corrected chi connectivity index (χ2v) is 2.66. The monoisotopic (exact) mass is 188 g/mol. The van der Waals surface area contributed by atoms with Gasteiger partial charge < -0.3 is 14.9 Å². The van der Waals surface area contributed by atoms with Crippen LogP contribution in [0, 0.1) is 0 Å². The summed E-state index contributed by atoms with van der Waals surface area (Å²) in [6, 6.07) is 0. The maximum atomic E-state index is 10.7. The molecule has 4 heteroatoms. The van der Waals surface area contributed by atoms with Gasteiger partial charge in [0.15, 0.2) is 0 Å². The summed E-state index contributed by atoms with van der Waals surface area (Å²) in [5.41, 5.74) is 0. The maximum absolute atomic E-state index is 10.7. The van der Waals surface area contributed by atoms with Crippen LogP contribution in [0.5, 0.6) is 0 Å². The van der Waals surface area contributed by atoms with Crippen LogP contribution in [-0.2, 0) is 9.53 Å². The van der Waals surface area contributed by atoms with Gasteiger partial charge in [0, 0.05) is 12.7 Å². The van der Waals surface area contributed by atoms with E-state index in [0.29, 0.717) is 12.8 Å². The highest BCUT2D eigenvalue weighted by atomic mass is 16.5. The molecule has 0 amide bonds. The molecular weight excluding hydrogens is 172 g/mol. The molecule has 0 saturated heterocycles. The molecule has 0 bridgehead atoms. The smallest absolute Gasteiger partial charge is 0.330 e. The van der Waals surface area contributed by atoms with E-state index >= 15 is 0 Å². The summed E-state index contributed by atoms with van der Waals surface area (Å²) in [5.74, 6) is -0.525. The Hall–Kier alpha value is -0.870. The lowest BCUT2D eigenvalue weighted by Gasteiger charge is -2.13. The molecule has 0 aromatic heterocycles. The number of carbonyl (C=O) groups excluding carboxylic acids is 1. The normalized spacial score (nSPS) is 12.2. The summed E-state index contributed by atoms with van der Waals surface area (Å²) in [5, 5.41) is 17.3. The molecule has 1 unspecified atom stereocenters. The van der Waals surface area contributed by atoms with Crippen molar-refractivity contribution in [3.8, 4) is 0 Å². The maximum Gasteiger partial charge on any atom is 0.330 e. The molecule has 0 heterocycles. The van der Waals surface area contributed by atoms with Crippen molar-refractivity contribution in [3.63, 3.8) is 0 Å². The van der Waals surface area contributed by atoms with Crippen molar-refractivity contribution in [1.29, 1.82) is 0 Å². The van der Waals surface area contributed by atoms with Gasteiger partial charge in [0.05, 0.1) is 6.61 Å². The fourth-order valence-electron chi connectivity index (χ4n) is 0.884. The molecule has 0 aliphatic heterocycles. The number of aliphatic hydroxyl groups is 2. The van der Waals surface area contributed by atoms with Crippen molar-refractivity contribution >= 4 is 5.97 Å². The molecule has 0 spiro atoms. The molecule has 0 aliphatic rings. The Balaban J connectivity index is 3.62. The third-order valence-corrected chi connectivity index (χ3v) is 1.59. The van der Waals surface area contributed by atoms with Crippen LogP contribution in [0.3, 0.4) is 0 Å². The van der Waals surface area contributed by atoms with E-state index in [-0.39, 0.29) is 13.2 Å². The minimum Gasteiger partial charge on any atom is -0.457 e. The largest absolute Gasteiger partial charge is 0.457 e. The molecule has 1 atom stereocenters. The number of ether oxygens (including phenoxy) is 1. The van der Waals surface area contributed by atoms with Gasteiger partial charge in [-0.2, -0.15) is 0 Å². The highest BCUT2D eigenvalue weighted by Crippen LogP contribution is 2.04. The molecule has 0 saturated carbocycles. The standard InChI is InChI=1S/C9H16O4/c1-2-9(12)13-8(7-11)5-3-4-6-10/h2,8,10-11H,1,3-7H2. The van der Waals surface area contributed by atoms with Crippen LogP contribution < -0.4 is 0 Å². The predicted octanol–water partition coefficient (Wildman–Crippen LogP) is 0.239. The van der Waals surface area contributed by atoms with E-state index in [1.54, 1.807) is 0 Å². The SMILES string of the molecule is C=CC(=O)OC(CO)CCCCO. The first-order chi connectivity index (χ1) is 6.24. The van der Waals surface area contributed by atoms with Gasteiger partial charge in [-0.25, -0.2) is 4.79 Å². The van der Waals surface area contributed by atoms with Crippen molar-refractivity contribution in [2.45, 2.75) is 25.4 Å². The molecule has 2 N–H and O–H groups in total. The number of rotatable bonds is 7. The molecule has 0 aromatic rings. The van der Waals surface area contributed by atoms with Crippen LogP contribution in [0.4, 0.5) is 0 Å². The van der Waals surface area contributed by atoms with Gasteiger partial charge >= 0.3 is 5.97 Å². The molecule has 13 heavy (non-hydrogen) atoms. The Morgan fingerprint density at radius 1 is 1.46 bits per heavy atom. The first kappa shape index (κ1) is 12.1. The molecule has 76 valence electrons. The summed E-state index contributed by atoms with van der Waals surface area (Å²) in [4.78, 5) is 10.7. The average molecular weight is 188 g/mol. The van der Waals surface area contributed by atoms with Gasteiger partial charge in [-0.1, -0.05) is 6.58 Å². The van der Waals surface area contributed by atoms with Gasteiger partial charge in [-0.3, -0.25) is 0 Å². The van der Waals surface area contributed by atoms with Crippen LogP contribution >= 0.6 is 0 Å². The molecule has 0 aromatic carbocycles. The number of hydrogen-bond acceptors (Lipinski definition) is 4. The molecule has 0 rings (SSSR count). The van der Waals surface area contributed by atoms with Crippen LogP contribution in [-0.4, -0.2) is 35.5 Å². The minimum atomic E-state index is -0.525. The first-order valence-electron chi connectivity index (χ1n) is 4.29. The van der Waals surface area contributed by atoms with E-state index in [1.807, 2.05) is 0 Å². The molecular formula is C9H16O4. The van der Waals surface area contributed by atoms with Gasteiger partial charge in [0.1, 0.15) is 6.10 Å². The third kappa shape index (κ3) is 6.31. The van der Waals surface area contributed by atoms with Crippen molar-refractivity contribution in [1.82, 2.24) is 0 Å². The summed E-state index contributed by atoms with van der Waals surface area (Å²) in [6.07, 6.45) is 2.54.